The van der Waals surface area contributed by atoms with Gasteiger partial charge in [0.15, 0.2) is 0 Å². The molecule has 0 aliphatic carbocycles. The molecule has 0 atom stereocenters. The van der Waals surface area contributed by atoms with Crippen LogP contribution in [0.1, 0.15) is 6.42 Å². The largest absolute Gasteiger partial charge is 0.369 e. The van der Waals surface area contributed by atoms with Crippen molar-refractivity contribution in [2.24, 2.45) is 0 Å². The third-order valence-electron chi connectivity index (χ3n) is 4.60. The standard InChI is InChI=1S/C20H19N5O3S2/c26-15(21-8-9-25-16(27)11-30-20(25)28)6-7-22-18-17-14(13-4-2-1-3-5-13)10-29-19(17)24-12-23-18/h1-5,10,12H,6-9,11H2,(H,21,26)(H,22,23,24). The van der Waals surface area contributed by atoms with E-state index in [1.165, 1.54) is 11.2 Å². The Morgan fingerprint density at radius 2 is 1.97 bits per heavy atom. The number of rotatable bonds is 8. The maximum absolute atomic E-state index is 12.1. The smallest absolute Gasteiger partial charge is 0.288 e. The van der Waals surface area contributed by atoms with Gasteiger partial charge >= 0.3 is 0 Å². The van der Waals surface area contributed by atoms with Crippen molar-refractivity contribution in [1.29, 1.82) is 0 Å². The van der Waals surface area contributed by atoms with Crippen molar-refractivity contribution >= 4 is 56.2 Å². The van der Waals surface area contributed by atoms with Crippen molar-refractivity contribution in [3.63, 3.8) is 0 Å². The summed E-state index contributed by atoms with van der Waals surface area (Å²) >= 11 is 2.54. The second kappa shape index (κ2) is 9.23. The third kappa shape index (κ3) is 4.44. The molecule has 154 valence electrons. The van der Waals surface area contributed by atoms with E-state index < -0.39 is 0 Å². The SMILES string of the molecule is O=C(CCNc1ncnc2scc(-c3ccccc3)c12)NCCN1C(=O)CSC1=O. The first-order valence-electron chi connectivity index (χ1n) is 9.39. The molecule has 0 radical (unpaired) electrons. The molecule has 0 bridgehead atoms. The number of nitrogens with one attached hydrogen (secondary N) is 2. The van der Waals surface area contributed by atoms with Crippen LogP contribution in [0.15, 0.2) is 42.0 Å². The quantitative estimate of drug-likeness (QED) is 0.554. The van der Waals surface area contributed by atoms with E-state index >= 15 is 0 Å². The highest BCUT2D eigenvalue weighted by molar-refractivity contribution is 8.14. The highest BCUT2D eigenvalue weighted by Gasteiger charge is 2.29. The zero-order valence-electron chi connectivity index (χ0n) is 16.0. The lowest BCUT2D eigenvalue weighted by molar-refractivity contribution is -0.125. The molecule has 1 aliphatic rings. The molecule has 0 saturated carbocycles. The van der Waals surface area contributed by atoms with Crippen molar-refractivity contribution in [2.45, 2.75) is 6.42 Å². The van der Waals surface area contributed by atoms with Crippen LogP contribution in [-0.2, 0) is 9.59 Å². The molecule has 30 heavy (non-hydrogen) atoms. The van der Waals surface area contributed by atoms with Gasteiger partial charge in [0.2, 0.25) is 11.8 Å². The molecule has 3 aromatic rings. The van der Waals surface area contributed by atoms with Gasteiger partial charge in [-0.2, -0.15) is 0 Å². The predicted molar refractivity (Wildman–Crippen MR) is 119 cm³/mol. The number of imide groups is 1. The Bertz CT molecular complexity index is 1070. The summed E-state index contributed by atoms with van der Waals surface area (Å²) in [4.78, 5) is 46.0. The molecule has 3 heterocycles. The van der Waals surface area contributed by atoms with Crippen molar-refractivity contribution in [2.75, 3.05) is 30.7 Å². The number of amides is 3. The van der Waals surface area contributed by atoms with Gasteiger partial charge in [-0.05, 0) is 5.56 Å². The summed E-state index contributed by atoms with van der Waals surface area (Å²) in [5, 5.41) is 8.72. The van der Waals surface area contributed by atoms with Gasteiger partial charge in [-0.3, -0.25) is 19.3 Å². The molecule has 1 fully saturated rings. The average Bonchev–Trinajstić information content (AvgIpc) is 3.33. The second-order valence-electron chi connectivity index (χ2n) is 6.54. The van der Waals surface area contributed by atoms with Crippen LogP contribution in [0.2, 0.25) is 0 Å². The van der Waals surface area contributed by atoms with E-state index in [-0.39, 0.29) is 42.3 Å². The summed E-state index contributed by atoms with van der Waals surface area (Å²) in [5.74, 6) is 0.502. The minimum atomic E-state index is -0.256. The van der Waals surface area contributed by atoms with Crippen molar-refractivity contribution in [3.05, 3.63) is 42.0 Å². The van der Waals surface area contributed by atoms with Crippen molar-refractivity contribution in [3.8, 4) is 11.1 Å². The average molecular weight is 442 g/mol. The van der Waals surface area contributed by atoms with E-state index in [2.05, 4.69) is 26.0 Å². The van der Waals surface area contributed by atoms with Gasteiger partial charge in [0, 0.05) is 37.0 Å². The first kappa shape index (κ1) is 20.3. The molecule has 2 aromatic heterocycles. The maximum atomic E-state index is 12.1. The van der Waals surface area contributed by atoms with Crippen LogP contribution in [0, 0.1) is 0 Å². The lowest BCUT2D eigenvalue weighted by Gasteiger charge is -2.13. The fourth-order valence-electron chi connectivity index (χ4n) is 3.13. The summed E-state index contributed by atoms with van der Waals surface area (Å²) in [6, 6.07) is 10.0. The number of benzene rings is 1. The van der Waals surface area contributed by atoms with Gasteiger partial charge in [0.25, 0.3) is 5.24 Å². The summed E-state index contributed by atoms with van der Waals surface area (Å²) in [6.07, 6.45) is 1.75. The molecule has 10 heteroatoms. The summed E-state index contributed by atoms with van der Waals surface area (Å²) in [6.45, 7) is 0.850. The van der Waals surface area contributed by atoms with Crippen LogP contribution < -0.4 is 10.6 Å². The van der Waals surface area contributed by atoms with Crippen LogP contribution in [0.5, 0.6) is 0 Å². The van der Waals surface area contributed by atoms with Crippen LogP contribution in [0.3, 0.4) is 0 Å². The number of thiophene rings is 1. The van der Waals surface area contributed by atoms with Gasteiger partial charge in [-0.25, -0.2) is 9.97 Å². The molecule has 3 amide bonds. The monoisotopic (exact) mass is 441 g/mol. The minimum absolute atomic E-state index is 0.159. The number of thioether (sulfide) groups is 1. The van der Waals surface area contributed by atoms with Gasteiger partial charge < -0.3 is 10.6 Å². The van der Waals surface area contributed by atoms with Crippen molar-refractivity contribution in [1.82, 2.24) is 20.2 Å². The van der Waals surface area contributed by atoms with E-state index in [1.807, 2.05) is 30.3 Å². The highest BCUT2D eigenvalue weighted by atomic mass is 32.2. The van der Waals surface area contributed by atoms with E-state index in [0.29, 0.717) is 12.4 Å². The number of carbonyl (C=O) groups excluding carboxylic acids is 3. The van der Waals surface area contributed by atoms with Crippen LogP contribution >= 0.6 is 23.1 Å². The molecule has 1 aliphatic heterocycles. The Hall–Kier alpha value is -2.98. The number of hydrogen-bond acceptors (Lipinski definition) is 8. The number of carbonyl (C=O) groups is 3. The zero-order chi connectivity index (χ0) is 20.9. The molecular weight excluding hydrogens is 422 g/mol. The van der Waals surface area contributed by atoms with E-state index in [1.54, 1.807) is 11.3 Å². The first-order valence-corrected chi connectivity index (χ1v) is 11.3. The lowest BCUT2D eigenvalue weighted by atomic mass is 10.1. The summed E-state index contributed by atoms with van der Waals surface area (Å²) in [7, 11) is 0. The zero-order valence-corrected chi connectivity index (χ0v) is 17.6. The third-order valence-corrected chi connectivity index (χ3v) is 6.34. The molecular formula is C20H19N5O3S2. The fourth-order valence-corrected chi connectivity index (χ4v) is 4.79. The van der Waals surface area contributed by atoms with Crippen LogP contribution in [0.25, 0.3) is 21.3 Å². The Morgan fingerprint density at radius 1 is 1.13 bits per heavy atom. The molecule has 4 rings (SSSR count). The second-order valence-corrected chi connectivity index (χ2v) is 8.33. The van der Waals surface area contributed by atoms with Crippen LogP contribution in [0.4, 0.5) is 10.6 Å². The Labute approximate surface area is 181 Å². The number of nitrogens with zero attached hydrogens (tertiary/aromatic N) is 3. The van der Waals surface area contributed by atoms with Gasteiger partial charge in [0.05, 0.1) is 11.1 Å². The van der Waals surface area contributed by atoms with Crippen molar-refractivity contribution < 1.29 is 14.4 Å². The topological polar surface area (TPSA) is 104 Å². The van der Waals surface area contributed by atoms with Gasteiger partial charge in [-0.15, -0.1) is 11.3 Å². The number of hydrogen-bond donors (Lipinski definition) is 2. The van der Waals surface area contributed by atoms with E-state index in [9.17, 15) is 14.4 Å². The lowest BCUT2D eigenvalue weighted by Crippen LogP contribution is -2.37. The predicted octanol–water partition coefficient (Wildman–Crippen LogP) is 2.97. The van der Waals surface area contributed by atoms with Gasteiger partial charge in [-0.1, -0.05) is 42.1 Å². The Balaban J connectivity index is 1.33. The summed E-state index contributed by atoms with van der Waals surface area (Å²) < 4.78 is 0. The number of anilines is 1. The minimum Gasteiger partial charge on any atom is -0.369 e. The summed E-state index contributed by atoms with van der Waals surface area (Å²) in [5.41, 5.74) is 2.14. The molecule has 0 spiro atoms. The highest BCUT2D eigenvalue weighted by Crippen LogP contribution is 2.36. The fraction of sp³-hybridized carbons (Fsp3) is 0.250. The maximum Gasteiger partial charge on any atom is 0.288 e. The molecule has 2 N–H and O–H groups in total. The first-order chi connectivity index (χ1) is 14.6. The molecule has 1 aromatic carbocycles. The number of fused-ring (bicyclic) bond motifs is 1. The van der Waals surface area contributed by atoms with E-state index in [0.717, 1.165) is 33.1 Å². The van der Waals surface area contributed by atoms with Gasteiger partial charge in [0.1, 0.15) is 17.0 Å². The normalized spacial score (nSPS) is 13.8. The number of aromatic nitrogens is 2. The Kier molecular flexibility index (Phi) is 6.24. The molecule has 8 nitrogen and oxygen atoms in total. The Morgan fingerprint density at radius 3 is 2.73 bits per heavy atom. The molecule has 1 saturated heterocycles. The molecule has 0 unspecified atom stereocenters. The van der Waals surface area contributed by atoms with E-state index in [4.69, 9.17) is 0 Å². The van der Waals surface area contributed by atoms with Crippen LogP contribution in [-0.4, -0.2) is 57.3 Å².